The molecular formula is C81H111IN4O10. The monoisotopic (exact) mass is 1430 g/mol. The number of hydrogen-bond donors (Lipinski definition) is 0. The summed E-state index contributed by atoms with van der Waals surface area (Å²) in [6.07, 6.45) is 15.8. The first kappa shape index (κ1) is 74.3. The number of piperidine rings is 4. The molecule has 0 radical (unpaired) electrons. The number of carbonyl (C=O) groups is 7. The minimum atomic E-state index is -0.485. The smallest absolute Gasteiger partial charge is 0.410 e. The third kappa shape index (κ3) is 13.3. The van der Waals surface area contributed by atoms with Crippen molar-refractivity contribution in [1.82, 2.24) is 19.6 Å². The molecule has 5 aliphatic carbocycles. The van der Waals surface area contributed by atoms with Crippen molar-refractivity contribution in [3.05, 3.63) is 142 Å². The van der Waals surface area contributed by atoms with Gasteiger partial charge in [-0.15, -0.1) is 0 Å². The van der Waals surface area contributed by atoms with Gasteiger partial charge in [-0.2, -0.15) is 0 Å². The molecule has 4 aromatic carbocycles. The Hall–Kier alpha value is -5.94. The van der Waals surface area contributed by atoms with Crippen LogP contribution in [0.5, 0.6) is 0 Å². The van der Waals surface area contributed by atoms with Crippen molar-refractivity contribution in [1.29, 1.82) is 0 Å². The third-order valence-corrected chi connectivity index (χ3v) is 24.4. The van der Waals surface area contributed by atoms with E-state index in [9.17, 15) is 33.6 Å². The van der Waals surface area contributed by atoms with Crippen LogP contribution in [0.25, 0.3) is 0 Å². The van der Waals surface area contributed by atoms with Gasteiger partial charge in [-0.05, 0) is 166 Å². The number of alkyl halides is 1. The second-order valence-corrected chi connectivity index (χ2v) is 32.3. The van der Waals surface area contributed by atoms with Gasteiger partial charge in [0, 0.05) is 111 Å². The molecule has 1 saturated carbocycles. The maximum Gasteiger partial charge on any atom is 0.410 e. The summed E-state index contributed by atoms with van der Waals surface area (Å²) in [6, 6.07) is 33.7. The summed E-state index contributed by atoms with van der Waals surface area (Å²) in [7, 11) is 0. The fraction of sp³-hybridized carbons (Fsp3) is 0.617. The fourth-order valence-electron chi connectivity index (χ4n) is 19.0. The first-order valence-electron chi connectivity index (χ1n) is 35.5. The zero-order chi connectivity index (χ0) is 68.9. The van der Waals surface area contributed by atoms with E-state index in [4.69, 9.17) is 14.2 Å². The predicted molar refractivity (Wildman–Crippen MR) is 389 cm³/mol. The molecule has 4 spiro atoms. The summed E-state index contributed by atoms with van der Waals surface area (Å²) in [5.74, 6) is 1.13. The van der Waals surface area contributed by atoms with Crippen molar-refractivity contribution in [3.63, 3.8) is 0 Å². The second kappa shape index (κ2) is 28.4. The van der Waals surface area contributed by atoms with Gasteiger partial charge in [0.25, 0.3) is 0 Å². The Labute approximate surface area is 587 Å². The quantitative estimate of drug-likeness (QED) is 0.107. The summed E-state index contributed by atoms with van der Waals surface area (Å²) < 4.78 is 16.2. The van der Waals surface area contributed by atoms with E-state index >= 15 is 0 Å². The number of halogens is 1. The Balaban J connectivity index is 0.000000151. The number of ketones is 4. The van der Waals surface area contributed by atoms with Crippen molar-refractivity contribution in [3.8, 4) is 0 Å². The standard InChI is InChI=1S/C25H34N2O3.C20H27NO3.C18H23NO3.C16H20O.CH3I.CH4/c1-4-30-23(29)27-17-9-10-18(27)16-19(15-17)26-13-11-25(12-14-26)21-8-6-5-7-20(21)22(28)24(25,2)3;1-18(2,3)24-17(23)21-12-10-20(11-13-21)15-9-7-6-8-14(15)16(22)19(20,4)5;1-17(2,3)22-16(21)19-10-8-18(9-11-19)12-15(20)13-6-4-5-7-14(13)18;1-15(2)14(17)12-8-4-5-9-13(12)16(15)10-6-3-7-11-16;1-2;/h5-8,17-19H,4,9-16H2,1-3H3;6-9H,10-13H2,1-5H3;4-7H,8-12H2,1-3H3;4-5,8-9H,3,6-7,10-11H2,1-2H3;1H3;1H4. The van der Waals surface area contributed by atoms with Crippen LogP contribution < -0.4 is 0 Å². The molecule has 0 N–H and O–H groups in total. The van der Waals surface area contributed by atoms with E-state index in [0.29, 0.717) is 68.9 Å². The van der Waals surface area contributed by atoms with Gasteiger partial charge in [0.05, 0.1) is 6.61 Å². The molecule has 0 aromatic heterocycles. The normalized spacial score (nSPS) is 24.4. The first-order chi connectivity index (χ1) is 44.9. The molecule has 522 valence electrons. The molecule has 2 atom stereocenters. The van der Waals surface area contributed by atoms with E-state index < -0.39 is 16.6 Å². The maximum atomic E-state index is 13.2. The van der Waals surface area contributed by atoms with Crippen LogP contribution in [0.4, 0.5) is 14.4 Å². The minimum absolute atomic E-state index is 0. The molecule has 5 aliphatic heterocycles. The van der Waals surface area contributed by atoms with Crippen LogP contribution in [0.3, 0.4) is 0 Å². The molecule has 96 heavy (non-hydrogen) atoms. The lowest BCUT2D eigenvalue weighted by molar-refractivity contribution is 0.00841. The number of likely N-dealkylation sites (tertiary alicyclic amines) is 3. The Morgan fingerprint density at radius 2 is 0.802 bits per heavy atom. The number of benzene rings is 4. The summed E-state index contributed by atoms with van der Waals surface area (Å²) in [5.41, 5.74) is 6.47. The molecule has 10 aliphatic rings. The van der Waals surface area contributed by atoms with Crippen molar-refractivity contribution >= 4 is 64.0 Å². The van der Waals surface area contributed by atoms with E-state index in [0.717, 1.165) is 105 Å². The zero-order valence-corrected chi connectivity index (χ0v) is 61.6. The lowest BCUT2D eigenvalue weighted by Gasteiger charge is -2.50. The van der Waals surface area contributed by atoms with Gasteiger partial charge in [0.1, 0.15) is 11.2 Å². The van der Waals surface area contributed by atoms with Gasteiger partial charge in [-0.25, -0.2) is 14.4 Å². The molecule has 14 nitrogen and oxygen atoms in total. The highest BCUT2D eigenvalue weighted by Crippen LogP contribution is 2.60. The van der Waals surface area contributed by atoms with Crippen molar-refractivity contribution in [2.24, 2.45) is 16.2 Å². The molecule has 6 fully saturated rings. The average molecular weight is 1430 g/mol. The highest BCUT2D eigenvalue weighted by atomic mass is 127. The molecule has 3 amide bonds. The lowest BCUT2D eigenvalue weighted by atomic mass is 9.58. The summed E-state index contributed by atoms with van der Waals surface area (Å²) in [5, 5.41) is 0. The van der Waals surface area contributed by atoms with Gasteiger partial charge in [-0.3, -0.25) is 19.2 Å². The third-order valence-electron chi connectivity index (χ3n) is 24.4. The van der Waals surface area contributed by atoms with Crippen LogP contribution >= 0.6 is 22.6 Å². The molecular weight excluding hydrogens is 1320 g/mol. The Morgan fingerprint density at radius 1 is 0.458 bits per heavy atom. The van der Waals surface area contributed by atoms with Crippen LogP contribution in [0.15, 0.2) is 97.1 Å². The van der Waals surface area contributed by atoms with Crippen molar-refractivity contribution in [2.75, 3.05) is 50.8 Å². The highest BCUT2D eigenvalue weighted by Gasteiger charge is 2.61. The number of hydrogen-bond acceptors (Lipinski definition) is 11. The van der Waals surface area contributed by atoms with E-state index in [2.05, 4.69) is 105 Å². The van der Waals surface area contributed by atoms with Crippen molar-refractivity contribution < 1.29 is 47.8 Å². The molecule has 14 rings (SSSR count). The van der Waals surface area contributed by atoms with Crippen LogP contribution in [0.2, 0.25) is 0 Å². The maximum absolute atomic E-state index is 13.2. The van der Waals surface area contributed by atoms with E-state index in [1.165, 1.54) is 48.8 Å². The van der Waals surface area contributed by atoms with E-state index in [1.54, 1.807) is 9.80 Å². The fourth-order valence-corrected chi connectivity index (χ4v) is 19.0. The Kier molecular flexibility index (Phi) is 21.9. The van der Waals surface area contributed by atoms with E-state index in [1.807, 2.05) is 119 Å². The summed E-state index contributed by atoms with van der Waals surface area (Å²) >= 11 is 2.15. The molecule has 2 unspecified atom stereocenters. The largest absolute Gasteiger partial charge is 0.450 e. The number of Topliss-reactive ketones (excluding diaryl/α,β-unsaturated/α-hetero) is 4. The number of fused-ring (bicyclic) bond motifs is 10. The summed E-state index contributed by atoms with van der Waals surface area (Å²) in [6.45, 7) is 30.9. The van der Waals surface area contributed by atoms with Gasteiger partial charge in [0.2, 0.25) is 0 Å². The van der Waals surface area contributed by atoms with Crippen LogP contribution in [-0.2, 0) is 35.9 Å². The number of ether oxygens (including phenoxy) is 3. The minimum Gasteiger partial charge on any atom is -0.450 e. The number of carbonyl (C=O) groups excluding carboxylic acids is 7. The molecule has 15 heteroatoms. The molecule has 2 bridgehead atoms. The molecule has 5 saturated heterocycles. The van der Waals surface area contributed by atoms with E-state index in [-0.39, 0.29) is 69.8 Å². The predicted octanol–water partition coefficient (Wildman–Crippen LogP) is 17.9. The Bertz CT molecular complexity index is 3510. The Morgan fingerprint density at radius 3 is 1.19 bits per heavy atom. The zero-order valence-electron chi connectivity index (χ0n) is 59.5. The SMILES string of the molecule is C.CC(C)(C)OC(=O)N1CCC2(CC1)CC(=O)c1ccccc12.CC(C)(C)OC(=O)N1CCC2(CC1)c1ccccc1C(=O)C2(C)C.CC1(C)C(=O)c2ccccc2C12CCCCC2.CCOC(=O)N1C2CCC1CC(N1CCC3(CC1)c1ccccc1C(=O)C3(C)C)C2.CI. The number of nitrogens with zero attached hydrogens (tertiary/aromatic N) is 4. The summed E-state index contributed by atoms with van der Waals surface area (Å²) in [4.78, 5) is 97.9. The molecule has 5 heterocycles. The van der Waals surface area contributed by atoms with Gasteiger partial charge < -0.3 is 33.8 Å². The van der Waals surface area contributed by atoms with Gasteiger partial charge in [-0.1, -0.05) is 188 Å². The lowest BCUT2D eigenvalue weighted by Crippen LogP contribution is -2.56. The molecule has 4 aromatic rings. The van der Waals surface area contributed by atoms with Crippen LogP contribution in [-0.4, -0.2) is 141 Å². The van der Waals surface area contributed by atoms with Crippen molar-refractivity contribution in [2.45, 2.75) is 251 Å². The number of amides is 3. The average Bonchev–Trinajstić information content (AvgIpc) is 1.56. The highest BCUT2D eigenvalue weighted by molar-refractivity contribution is 14.1. The van der Waals surface area contributed by atoms with Crippen LogP contribution in [0, 0.1) is 16.2 Å². The topological polar surface area (TPSA) is 160 Å². The van der Waals surface area contributed by atoms with Gasteiger partial charge >= 0.3 is 18.3 Å². The van der Waals surface area contributed by atoms with Gasteiger partial charge in [0.15, 0.2) is 23.1 Å². The first-order valence-corrected chi connectivity index (χ1v) is 37.6. The second-order valence-electron chi connectivity index (χ2n) is 32.3. The number of rotatable bonds is 2. The van der Waals surface area contributed by atoms with Crippen LogP contribution in [0.1, 0.15) is 264 Å².